The first-order chi connectivity index (χ1) is 16.4. The molecule has 0 radical (unpaired) electrons. The molecule has 1 aliphatic carbocycles. The van der Waals surface area contributed by atoms with Crippen molar-refractivity contribution in [2.45, 2.75) is 44.0 Å². The molecule has 0 aliphatic heterocycles. The maximum atomic E-state index is 9.30. The molecule has 2 unspecified atom stereocenters. The maximum Gasteiger partial charge on any atom is 0.229 e. The van der Waals surface area contributed by atoms with E-state index in [2.05, 4.69) is 43.9 Å². The number of allylic oxidation sites excluding steroid dienone is 2. The summed E-state index contributed by atoms with van der Waals surface area (Å²) < 4.78 is 0. The SMILES string of the molecule is C=C/C(=C\C=NC)Nc1nc(C)c(C)c(NC2CCC(CO)C2)n1.C=Nc1ccccc1SC. The average Bonchev–Trinajstić information content (AvgIpc) is 3.32. The van der Waals surface area contributed by atoms with E-state index in [0.29, 0.717) is 17.9 Å². The molecule has 0 spiro atoms. The molecule has 182 valence electrons. The Morgan fingerprint density at radius 2 is 2.03 bits per heavy atom. The molecule has 3 rings (SSSR count). The van der Waals surface area contributed by atoms with Gasteiger partial charge in [0.1, 0.15) is 5.82 Å². The van der Waals surface area contributed by atoms with Crippen LogP contribution in [0.15, 0.2) is 63.6 Å². The van der Waals surface area contributed by atoms with Crippen molar-refractivity contribution >= 4 is 42.1 Å². The Morgan fingerprint density at radius 1 is 1.26 bits per heavy atom. The standard InChI is InChI=1S/C18H27N5O.C8H9NS/c1-5-15(8-9-19-4)22-18-20-13(3)12(2)17(23-18)21-16-7-6-14(10-16)11-24;1-9-7-5-3-4-6-8(7)10-2/h5,8-9,14,16,24H,1,6-7,10-11H2,2-4H3,(H2,20,21,22,23);3-6H,1H2,2H3/b15-8+,19-9?;. The molecule has 0 amide bonds. The van der Waals surface area contributed by atoms with Gasteiger partial charge in [0.25, 0.3) is 0 Å². The van der Waals surface area contributed by atoms with Gasteiger partial charge in [0.05, 0.1) is 5.69 Å². The molecular formula is C26H36N6OS. The number of nitrogens with one attached hydrogen (secondary N) is 2. The van der Waals surface area contributed by atoms with Crippen molar-refractivity contribution in [2.24, 2.45) is 15.9 Å². The second-order valence-electron chi connectivity index (χ2n) is 8.00. The third-order valence-corrected chi connectivity index (χ3v) is 6.45. The Balaban J connectivity index is 0.000000340. The third-order valence-electron chi connectivity index (χ3n) is 5.66. The van der Waals surface area contributed by atoms with Crippen LogP contribution in [0.25, 0.3) is 0 Å². The molecule has 0 bridgehead atoms. The molecule has 2 aromatic rings. The van der Waals surface area contributed by atoms with E-state index in [4.69, 9.17) is 0 Å². The van der Waals surface area contributed by atoms with Crippen LogP contribution >= 0.6 is 11.8 Å². The molecule has 1 aromatic carbocycles. The average molecular weight is 481 g/mol. The molecule has 1 aliphatic rings. The number of anilines is 2. The number of aliphatic hydroxyl groups is 1. The number of hydrogen-bond donors (Lipinski definition) is 3. The second-order valence-corrected chi connectivity index (χ2v) is 8.85. The highest BCUT2D eigenvalue weighted by Crippen LogP contribution is 2.29. The molecule has 8 heteroatoms. The van der Waals surface area contributed by atoms with Crippen LogP contribution in [0.1, 0.15) is 30.5 Å². The van der Waals surface area contributed by atoms with Gasteiger partial charge in [-0.1, -0.05) is 18.7 Å². The minimum atomic E-state index is 0.263. The van der Waals surface area contributed by atoms with Crippen LogP contribution in [0.2, 0.25) is 0 Å². The van der Waals surface area contributed by atoms with E-state index in [9.17, 15) is 5.11 Å². The van der Waals surface area contributed by atoms with Crippen LogP contribution in [-0.2, 0) is 0 Å². The number of aliphatic imine (C=N–C) groups is 2. The van der Waals surface area contributed by atoms with Gasteiger partial charge in [0, 0.05) is 47.8 Å². The summed E-state index contributed by atoms with van der Waals surface area (Å²) in [6, 6.07) is 8.31. The highest BCUT2D eigenvalue weighted by molar-refractivity contribution is 7.98. The van der Waals surface area contributed by atoms with Crippen LogP contribution in [0, 0.1) is 19.8 Å². The van der Waals surface area contributed by atoms with Gasteiger partial charge < -0.3 is 15.7 Å². The first-order valence-corrected chi connectivity index (χ1v) is 12.5. The summed E-state index contributed by atoms with van der Waals surface area (Å²) in [5.41, 5.74) is 3.73. The molecular weight excluding hydrogens is 444 g/mol. The summed E-state index contributed by atoms with van der Waals surface area (Å²) in [6.45, 7) is 11.5. The minimum Gasteiger partial charge on any atom is -0.396 e. The molecule has 1 heterocycles. The van der Waals surface area contributed by atoms with Crippen molar-refractivity contribution in [1.82, 2.24) is 9.97 Å². The highest BCUT2D eigenvalue weighted by Gasteiger charge is 2.25. The fourth-order valence-electron chi connectivity index (χ4n) is 3.60. The lowest BCUT2D eigenvalue weighted by Gasteiger charge is -2.17. The Labute approximate surface area is 207 Å². The summed E-state index contributed by atoms with van der Waals surface area (Å²) in [5, 5.41) is 16.0. The largest absolute Gasteiger partial charge is 0.396 e. The van der Waals surface area contributed by atoms with Crippen molar-refractivity contribution in [2.75, 3.05) is 30.5 Å². The fraction of sp³-hybridized carbons (Fsp3) is 0.385. The third kappa shape index (κ3) is 8.11. The molecule has 34 heavy (non-hydrogen) atoms. The first-order valence-electron chi connectivity index (χ1n) is 11.3. The quantitative estimate of drug-likeness (QED) is 0.246. The molecule has 2 atom stereocenters. The van der Waals surface area contributed by atoms with E-state index < -0.39 is 0 Å². The van der Waals surface area contributed by atoms with Gasteiger partial charge in [0.2, 0.25) is 5.95 Å². The molecule has 3 N–H and O–H groups in total. The predicted molar refractivity (Wildman–Crippen MR) is 147 cm³/mol. The zero-order chi connectivity index (χ0) is 24.9. The topological polar surface area (TPSA) is 94.8 Å². The van der Waals surface area contributed by atoms with E-state index in [-0.39, 0.29) is 6.61 Å². The number of para-hydroxylation sites is 1. The Morgan fingerprint density at radius 3 is 2.62 bits per heavy atom. The number of rotatable bonds is 9. The summed E-state index contributed by atoms with van der Waals surface area (Å²) in [6.07, 6.45) is 10.3. The number of hydrogen-bond acceptors (Lipinski definition) is 8. The van der Waals surface area contributed by atoms with Crippen molar-refractivity contribution in [3.8, 4) is 0 Å². The lowest BCUT2D eigenvalue weighted by atomic mass is 10.1. The van der Waals surface area contributed by atoms with Crippen molar-refractivity contribution < 1.29 is 5.11 Å². The van der Waals surface area contributed by atoms with Gasteiger partial charge in [-0.05, 0) is 76.3 Å². The van der Waals surface area contributed by atoms with Crippen molar-refractivity contribution in [3.05, 3.63) is 60.0 Å². The van der Waals surface area contributed by atoms with Crippen LogP contribution in [0.5, 0.6) is 0 Å². The highest BCUT2D eigenvalue weighted by atomic mass is 32.2. The van der Waals surface area contributed by atoms with Crippen LogP contribution in [-0.4, -0.2) is 54.0 Å². The molecule has 1 aromatic heterocycles. The minimum absolute atomic E-state index is 0.263. The van der Waals surface area contributed by atoms with Crippen LogP contribution < -0.4 is 10.6 Å². The van der Waals surface area contributed by atoms with Crippen LogP contribution in [0.4, 0.5) is 17.5 Å². The van der Waals surface area contributed by atoms with E-state index in [1.54, 1.807) is 31.1 Å². The lowest BCUT2D eigenvalue weighted by Crippen LogP contribution is -2.19. The zero-order valence-corrected chi connectivity index (χ0v) is 21.4. The van der Waals surface area contributed by atoms with E-state index in [1.807, 2.05) is 50.4 Å². The van der Waals surface area contributed by atoms with Gasteiger partial charge in [-0.25, -0.2) is 4.98 Å². The molecule has 0 saturated heterocycles. The van der Waals surface area contributed by atoms with E-state index in [1.165, 1.54) is 4.90 Å². The van der Waals surface area contributed by atoms with Crippen molar-refractivity contribution in [3.63, 3.8) is 0 Å². The van der Waals surface area contributed by atoms with Gasteiger partial charge in [-0.2, -0.15) is 4.98 Å². The molecule has 1 fully saturated rings. The second kappa shape index (κ2) is 14.3. The van der Waals surface area contributed by atoms with Gasteiger partial charge in [-0.3, -0.25) is 9.98 Å². The van der Waals surface area contributed by atoms with Gasteiger partial charge >= 0.3 is 0 Å². The number of aromatic nitrogens is 2. The smallest absolute Gasteiger partial charge is 0.229 e. The number of nitrogens with zero attached hydrogens (tertiary/aromatic N) is 4. The van der Waals surface area contributed by atoms with Crippen molar-refractivity contribution in [1.29, 1.82) is 0 Å². The maximum absolute atomic E-state index is 9.30. The fourth-order valence-corrected chi connectivity index (χ4v) is 4.15. The first kappa shape index (κ1) is 27.3. The van der Waals surface area contributed by atoms with Crippen LogP contribution in [0.3, 0.4) is 0 Å². The zero-order valence-electron chi connectivity index (χ0n) is 20.6. The predicted octanol–water partition coefficient (Wildman–Crippen LogP) is 5.59. The summed E-state index contributed by atoms with van der Waals surface area (Å²) in [5.74, 6) is 1.78. The normalized spacial score (nSPS) is 17.7. The monoisotopic (exact) mass is 480 g/mol. The van der Waals surface area contributed by atoms with Gasteiger partial charge in [-0.15, -0.1) is 11.8 Å². The molecule has 7 nitrogen and oxygen atoms in total. The molecule has 1 saturated carbocycles. The summed E-state index contributed by atoms with van der Waals surface area (Å²) in [7, 11) is 1.72. The number of aryl methyl sites for hydroxylation is 1. The van der Waals surface area contributed by atoms with Gasteiger partial charge in [0.15, 0.2) is 0 Å². The number of benzene rings is 1. The number of aliphatic hydroxyl groups excluding tert-OH is 1. The summed E-state index contributed by atoms with van der Waals surface area (Å²) in [4.78, 5) is 18.1. The Kier molecular flexibility index (Phi) is 11.5. The lowest BCUT2D eigenvalue weighted by molar-refractivity contribution is 0.229. The number of thioether (sulfide) groups is 1. The van der Waals surface area contributed by atoms with E-state index in [0.717, 1.165) is 47.7 Å². The Hall–Kier alpha value is -2.97. The van der Waals surface area contributed by atoms with E-state index >= 15 is 0 Å². The Bertz CT molecular complexity index is 1020. The summed E-state index contributed by atoms with van der Waals surface area (Å²) >= 11 is 1.69.